The maximum Gasteiger partial charge on any atom is 0.166 e. The van der Waals surface area contributed by atoms with E-state index in [0.717, 1.165) is 11.5 Å². The standard InChI is InChI=1S/C25H29FO/c1-3-5-19-8-13-22(14-9-19)23-15-10-20(11-16-23)6-7-21-12-17-25(27-4-2)24(26)18-21/h10-12,15-19,22H,3-5,8-9,13-14H2,1-2H3. The van der Waals surface area contributed by atoms with Crippen molar-refractivity contribution in [2.75, 3.05) is 6.61 Å². The molecule has 0 radical (unpaired) electrons. The van der Waals surface area contributed by atoms with Crippen molar-refractivity contribution in [1.29, 1.82) is 0 Å². The molecule has 0 atom stereocenters. The van der Waals surface area contributed by atoms with Gasteiger partial charge in [-0.05, 0) is 80.3 Å². The summed E-state index contributed by atoms with van der Waals surface area (Å²) < 4.78 is 19.1. The van der Waals surface area contributed by atoms with Gasteiger partial charge in [0, 0.05) is 11.1 Å². The van der Waals surface area contributed by atoms with Crippen molar-refractivity contribution in [3.05, 3.63) is 65.0 Å². The Morgan fingerprint density at radius 1 is 0.926 bits per heavy atom. The van der Waals surface area contributed by atoms with Gasteiger partial charge in [-0.15, -0.1) is 0 Å². The molecule has 1 nitrogen and oxygen atoms in total. The summed E-state index contributed by atoms with van der Waals surface area (Å²) in [6.45, 7) is 4.58. The third-order valence-corrected chi connectivity index (χ3v) is 5.51. The molecule has 2 aromatic rings. The van der Waals surface area contributed by atoms with Crippen LogP contribution in [0.4, 0.5) is 4.39 Å². The summed E-state index contributed by atoms with van der Waals surface area (Å²) in [5.41, 5.74) is 3.06. The SMILES string of the molecule is CCCC1CCC(c2ccc(C#Cc3ccc(OCC)c(F)c3)cc2)CC1. The van der Waals surface area contributed by atoms with E-state index in [9.17, 15) is 4.39 Å². The minimum absolute atomic E-state index is 0.279. The Kier molecular flexibility index (Phi) is 6.93. The molecule has 0 unspecified atom stereocenters. The molecular formula is C25H29FO. The van der Waals surface area contributed by atoms with Crippen LogP contribution in [0.5, 0.6) is 5.75 Å². The molecule has 1 fully saturated rings. The smallest absolute Gasteiger partial charge is 0.166 e. The summed E-state index contributed by atoms with van der Waals surface area (Å²) in [7, 11) is 0. The predicted octanol–water partition coefficient (Wildman–Crippen LogP) is 6.70. The van der Waals surface area contributed by atoms with E-state index < -0.39 is 0 Å². The maximum absolute atomic E-state index is 13.9. The van der Waals surface area contributed by atoms with Crippen LogP contribution in [0, 0.1) is 23.6 Å². The summed E-state index contributed by atoms with van der Waals surface area (Å²) in [6.07, 6.45) is 8.03. The molecule has 0 saturated heterocycles. The van der Waals surface area contributed by atoms with Gasteiger partial charge in [-0.25, -0.2) is 4.39 Å². The number of rotatable bonds is 5. The first-order chi connectivity index (χ1) is 13.2. The molecule has 0 aliphatic heterocycles. The van der Waals surface area contributed by atoms with Crippen molar-refractivity contribution in [2.24, 2.45) is 5.92 Å². The van der Waals surface area contributed by atoms with E-state index in [4.69, 9.17) is 4.74 Å². The number of ether oxygens (including phenoxy) is 1. The van der Waals surface area contributed by atoms with Crippen LogP contribution in [-0.4, -0.2) is 6.61 Å². The third-order valence-electron chi connectivity index (χ3n) is 5.51. The highest BCUT2D eigenvalue weighted by Crippen LogP contribution is 2.37. The first-order valence-corrected chi connectivity index (χ1v) is 10.2. The van der Waals surface area contributed by atoms with Crippen LogP contribution >= 0.6 is 0 Å². The molecule has 1 saturated carbocycles. The molecule has 27 heavy (non-hydrogen) atoms. The summed E-state index contributed by atoms with van der Waals surface area (Å²) >= 11 is 0. The number of hydrogen-bond donors (Lipinski definition) is 0. The first kappa shape index (κ1) is 19.5. The van der Waals surface area contributed by atoms with Crippen LogP contribution in [0.2, 0.25) is 0 Å². The summed E-state index contributed by atoms with van der Waals surface area (Å²) in [6, 6.07) is 13.5. The van der Waals surface area contributed by atoms with Crippen molar-refractivity contribution in [1.82, 2.24) is 0 Å². The Morgan fingerprint density at radius 2 is 1.59 bits per heavy atom. The van der Waals surface area contributed by atoms with Gasteiger partial charge < -0.3 is 4.74 Å². The van der Waals surface area contributed by atoms with Gasteiger partial charge in [0.15, 0.2) is 11.6 Å². The second kappa shape index (κ2) is 9.60. The molecule has 0 aromatic heterocycles. The van der Waals surface area contributed by atoms with Gasteiger partial charge in [-0.2, -0.15) is 0 Å². The van der Waals surface area contributed by atoms with Gasteiger partial charge >= 0.3 is 0 Å². The molecule has 2 aromatic carbocycles. The van der Waals surface area contributed by atoms with E-state index in [0.29, 0.717) is 18.1 Å². The Bertz CT molecular complexity index is 789. The fraction of sp³-hybridized carbons (Fsp3) is 0.440. The molecule has 0 bridgehead atoms. The van der Waals surface area contributed by atoms with Gasteiger partial charge in [0.05, 0.1) is 6.61 Å². The van der Waals surface area contributed by atoms with Crippen LogP contribution in [0.1, 0.15) is 75.0 Å². The van der Waals surface area contributed by atoms with Crippen LogP contribution in [0.15, 0.2) is 42.5 Å². The summed E-state index contributed by atoms with van der Waals surface area (Å²) in [5, 5.41) is 0. The van der Waals surface area contributed by atoms with Crippen LogP contribution in [-0.2, 0) is 0 Å². The summed E-state index contributed by atoms with van der Waals surface area (Å²) in [4.78, 5) is 0. The van der Waals surface area contributed by atoms with E-state index in [1.165, 1.54) is 50.2 Å². The minimum Gasteiger partial charge on any atom is -0.491 e. The third kappa shape index (κ3) is 5.36. The van der Waals surface area contributed by atoms with Crippen molar-refractivity contribution in [2.45, 2.75) is 58.3 Å². The van der Waals surface area contributed by atoms with Crippen molar-refractivity contribution in [3.63, 3.8) is 0 Å². The quantitative estimate of drug-likeness (QED) is 0.537. The van der Waals surface area contributed by atoms with Gasteiger partial charge in [0.1, 0.15) is 0 Å². The van der Waals surface area contributed by atoms with Gasteiger partial charge in [0.25, 0.3) is 0 Å². The van der Waals surface area contributed by atoms with Crippen LogP contribution < -0.4 is 4.74 Å². The topological polar surface area (TPSA) is 9.23 Å². The van der Waals surface area contributed by atoms with Crippen molar-refractivity contribution < 1.29 is 9.13 Å². The molecule has 2 heteroatoms. The van der Waals surface area contributed by atoms with Crippen LogP contribution in [0.3, 0.4) is 0 Å². The first-order valence-electron chi connectivity index (χ1n) is 10.2. The molecule has 0 spiro atoms. The Labute approximate surface area is 163 Å². The fourth-order valence-corrected chi connectivity index (χ4v) is 4.03. The summed E-state index contributed by atoms with van der Waals surface area (Å²) in [5.74, 6) is 7.73. The Balaban J connectivity index is 1.62. The Morgan fingerprint density at radius 3 is 2.22 bits per heavy atom. The number of halogens is 1. The normalized spacial score (nSPS) is 19.2. The lowest BCUT2D eigenvalue weighted by molar-refractivity contribution is 0.308. The highest BCUT2D eigenvalue weighted by molar-refractivity contribution is 5.45. The molecule has 3 rings (SSSR count). The van der Waals surface area contributed by atoms with Crippen LogP contribution in [0.25, 0.3) is 0 Å². The molecule has 0 amide bonds. The van der Waals surface area contributed by atoms with Gasteiger partial charge in [-0.3, -0.25) is 0 Å². The fourth-order valence-electron chi connectivity index (χ4n) is 4.03. The van der Waals surface area contributed by atoms with Crippen molar-refractivity contribution in [3.8, 4) is 17.6 Å². The highest BCUT2D eigenvalue weighted by atomic mass is 19.1. The van der Waals surface area contributed by atoms with Gasteiger partial charge in [-0.1, -0.05) is 43.7 Å². The highest BCUT2D eigenvalue weighted by Gasteiger charge is 2.21. The van der Waals surface area contributed by atoms with E-state index in [1.807, 2.05) is 6.92 Å². The molecule has 0 N–H and O–H groups in total. The second-order valence-electron chi connectivity index (χ2n) is 7.46. The van der Waals surface area contributed by atoms with E-state index in [1.54, 1.807) is 12.1 Å². The molecular weight excluding hydrogens is 335 g/mol. The maximum atomic E-state index is 13.9. The minimum atomic E-state index is -0.363. The predicted molar refractivity (Wildman–Crippen MR) is 110 cm³/mol. The Hall–Kier alpha value is -2.27. The van der Waals surface area contributed by atoms with Gasteiger partial charge in [0.2, 0.25) is 0 Å². The lowest BCUT2D eigenvalue weighted by Gasteiger charge is -2.28. The second-order valence-corrected chi connectivity index (χ2v) is 7.46. The number of benzene rings is 2. The zero-order valence-corrected chi connectivity index (χ0v) is 16.4. The molecule has 1 aliphatic carbocycles. The lowest BCUT2D eigenvalue weighted by atomic mass is 9.77. The zero-order chi connectivity index (χ0) is 19.1. The largest absolute Gasteiger partial charge is 0.491 e. The molecule has 1 aliphatic rings. The zero-order valence-electron chi connectivity index (χ0n) is 16.4. The molecule has 0 heterocycles. The number of hydrogen-bond acceptors (Lipinski definition) is 1. The monoisotopic (exact) mass is 364 g/mol. The lowest BCUT2D eigenvalue weighted by Crippen LogP contribution is -2.13. The molecule has 142 valence electrons. The van der Waals surface area contributed by atoms with E-state index in [-0.39, 0.29) is 11.6 Å². The average molecular weight is 365 g/mol. The average Bonchev–Trinajstić information content (AvgIpc) is 2.70. The van der Waals surface area contributed by atoms with Crippen molar-refractivity contribution >= 4 is 0 Å². The van der Waals surface area contributed by atoms with E-state index >= 15 is 0 Å². The van der Waals surface area contributed by atoms with E-state index in [2.05, 4.69) is 43.0 Å².